The molecule has 5 rings (SSSR count). The minimum absolute atomic E-state index is 0.0423. The number of morpholine rings is 1. The fourth-order valence-corrected chi connectivity index (χ4v) is 5.68. The van der Waals surface area contributed by atoms with Gasteiger partial charge in [0, 0.05) is 30.3 Å². The summed E-state index contributed by atoms with van der Waals surface area (Å²) in [5, 5.41) is 6.31. The van der Waals surface area contributed by atoms with Crippen LogP contribution >= 0.6 is 22.7 Å². The van der Waals surface area contributed by atoms with Gasteiger partial charge in [0.15, 0.2) is 0 Å². The standard InChI is InChI=1S/C24H25N5O3S2/c1-16(30)25-12-17-6-7-21(34-17)20-15-33-23(27-20)14-29-22(13-28-8-10-32-11-9-28)26-19-5-3-2-4-18(19)24(29)31/h2-7,15H,8-14H2,1H3,(H,25,30). The molecule has 4 aromatic rings. The number of thiophene rings is 1. The van der Waals surface area contributed by atoms with Gasteiger partial charge in [-0.3, -0.25) is 19.1 Å². The van der Waals surface area contributed by atoms with Crippen LogP contribution in [0.1, 0.15) is 22.6 Å². The van der Waals surface area contributed by atoms with Gasteiger partial charge in [0.1, 0.15) is 10.8 Å². The van der Waals surface area contributed by atoms with E-state index in [1.54, 1.807) is 27.2 Å². The number of ether oxygens (including phenoxy) is 1. The summed E-state index contributed by atoms with van der Waals surface area (Å²) in [6.07, 6.45) is 0. The second kappa shape index (κ2) is 10.1. The van der Waals surface area contributed by atoms with Crippen LogP contribution in [0.2, 0.25) is 0 Å². The summed E-state index contributed by atoms with van der Waals surface area (Å²) in [6, 6.07) is 11.5. The zero-order chi connectivity index (χ0) is 23.5. The monoisotopic (exact) mass is 495 g/mol. The molecule has 1 saturated heterocycles. The number of carbonyl (C=O) groups excluding carboxylic acids is 1. The van der Waals surface area contributed by atoms with E-state index in [1.807, 2.05) is 41.8 Å². The molecule has 0 radical (unpaired) electrons. The SMILES string of the molecule is CC(=O)NCc1ccc(-c2csc(Cn3c(CN4CCOCC4)nc4ccccc4c3=O)n2)s1. The third kappa shape index (κ3) is 5.10. The molecule has 0 atom stereocenters. The Morgan fingerprint density at radius 2 is 1.94 bits per heavy atom. The number of hydrogen-bond acceptors (Lipinski definition) is 8. The van der Waals surface area contributed by atoms with Crippen LogP contribution in [0.4, 0.5) is 0 Å². The summed E-state index contributed by atoms with van der Waals surface area (Å²) in [7, 11) is 0. The number of hydrogen-bond donors (Lipinski definition) is 1. The van der Waals surface area contributed by atoms with Gasteiger partial charge in [0.2, 0.25) is 5.91 Å². The lowest BCUT2D eigenvalue weighted by molar-refractivity contribution is -0.119. The zero-order valence-electron chi connectivity index (χ0n) is 18.8. The molecule has 34 heavy (non-hydrogen) atoms. The van der Waals surface area contributed by atoms with Gasteiger partial charge in [0.05, 0.1) is 54.3 Å². The third-order valence-corrected chi connectivity index (χ3v) is 7.62. The molecular formula is C24H25N5O3S2. The number of rotatable bonds is 7. The molecule has 1 aliphatic rings. The van der Waals surface area contributed by atoms with Crippen molar-refractivity contribution in [2.45, 2.75) is 26.6 Å². The Balaban J connectivity index is 1.42. The molecule has 0 bridgehead atoms. The highest BCUT2D eigenvalue weighted by molar-refractivity contribution is 7.16. The zero-order valence-corrected chi connectivity index (χ0v) is 20.5. The van der Waals surface area contributed by atoms with Gasteiger partial charge < -0.3 is 10.1 Å². The quantitative estimate of drug-likeness (QED) is 0.424. The number of carbonyl (C=O) groups is 1. The molecule has 10 heteroatoms. The maximum atomic E-state index is 13.4. The number of benzene rings is 1. The van der Waals surface area contributed by atoms with E-state index in [1.165, 1.54) is 6.92 Å². The lowest BCUT2D eigenvalue weighted by atomic mass is 10.2. The fraction of sp³-hybridized carbons (Fsp3) is 0.333. The highest BCUT2D eigenvalue weighted by atomic mass is 32.1. The molecule has 1 amide bonds. The molecule has 0 aliphatic carbocycles. The molecule has 0 saturated carbocycles. The number of nitrogens with zero attached hydrogens (tertiary/aromatic N) is 4. The largest absolute Gasteiger partial charge is 0.379 e. The Kier molecular flexibility index (Phi) is 6.82. The molecule has 3 aromatic heterocycles. The van der Waals surface area contributed by atoms with E-state index < -0.39 is 0 Å². The van der Waals surface area contributed by atoms with Crippen LogP contribution < -0.4 is 10.9 Å². The van der Waals surface area contributed by atoms with E-state index in [9.17, 15) is 9.59 Å². The van der Waals surface area contributed by atoms with E-state index >= 15 is 0 Å². The van der Waals surface area contributed by atoms with E-state index in [0.29, 0.717) is 38.2 Å². The average Bonchev–Trinajstić information content (AvgIpc) is 3.50. The van der Waals surface area contributed by atoms with Crippen molar-refractivity contribution in [3.63, 3.8) is 0 Å². The van der Waals surface area contributed by atoms with Crippen LogP contribution in [-0.2, 0) is 29.2 Å². The number of thiazole rings is 1. The third-order valence-electron chi connectivity index (χ3n) is 5.68. The topological polar surface area (TPSA) is 89.4 Å². The summed E-state index contributed by atoms with van der Waals surface area (Å²) >= 11 is 3.15. The van der Waals surface area contributed by atoms with Crippen molar-refractivity contribution in [2.24, 2.45) is 0 Å². The van der Waals surface area contributed by atoms with Crippen molar-refractivity contribution in [1.29, 1.82) is 0 Å². The van der Waals surface area contributed by atoms with Crippen LogP contribution in [0, 0.1) is 0 Å². The molecule has 0 unspecified atom stereocenters. The maximum absolute atomic E-state index is 13.4. The van der Waals surface area contributed by atoms with E-state index in [-0.39, 0.29) is 11.5 Å². The van der Waals surface area contributed by atoms with Crippen LogP contribution in [0.15, 0.2) is 46.6 Å². The normalized spacial score (nSPS) is 14.5. The molecule has 8 nitrogen and oxygen atoms in total. The van der Waals surface area contributed by atoms with Crippen LogP contribution in [-0.4, -0.2) is 51.6 Å². The van der Waals surface area contributed by atoms with E-state index in [0.717, 1.165) is 44.9 Å². The van der Waals surface area contributed by atoms with Gasteiger partial charge in [-0.1, -0.05) is 12.1 Å². The smallest absolute Gasteiger partial charge is 0.261 e. The Morgan fingerprint density at radius 1 is 1.12 bits per heavy atom. The Labute approximate surface area is 204 Å². The van der Waals surface area contributed by atoms with Crippen molar-refractivity contribution < 1.29 is 9.53 Å². The molecule has 4 heterocycles. The van der Waals surface area contributed by atoms with Crippen LogP contribution in [0.3, 0.4) is 0 Å². The van der Waals surface area contributed by atoms with Gasteiger partial charge in [0.25, 0.3) is 5.56 Å². The average molecular weight is 496 g/mol. The second-order valence-electron chi connectivity index (χ2n) is 8.13. The van der Waals surface area contributed by atoms with Crippen molar-refractivity contribution in [1.82, 2.24) is 24.8 Å². The first-order chi connectivity index (χ1) is 16.6. The Morgan fingerprint density at radius 3 is 2.76 bits per heavy atom. The Hall–Kier alpha value is -2.92. The molecule has 1 aromatic carbocycles. The van der Waals surface area contributed by atoms with E-state index in [2.05, 4.69) is 10.2 Å². The van der Waals surface area contributed by atoms with Crippen molar-refractivity contribution in [2.75, 3.05) is 26.3 Å². The Bertz CT molecular complexity index is 1370. The number of nitrogens with one attached hydrogen (secondary N) is 1. The lowest BCUT2D eigenvalue weighted by Gasteiger charge is -2.27. The summed E-state index contributed by atoms with van der Waals surface area (Å²) in [6.45, 7) is 6.03. The predicted molar refractivity (Wildman–Crippen MR) is 134 cm³/mol. The molecule has 0 spiro atoms. The van der Waals surface area contributed by atoms with Crippen molar-refractivity contribution in [3.8, 4) is 10.6 Å². The molecule has 1 fully saturated rings. The summed E-state index contributed by atoms with van der Waals surface area (Å²) < 4.78 is 7.23. The number of fused-ring (bicyclic) bond motifs is 1. The molecule has 1 aliphatic heterocycles. The summed E-state index contributed by atoms with van der Waals surface area (Å²) in [5.41, 5.74) is 1.56. The van der Waals surface area contributed by atoms with Gasteiger partial charge in [-0.2, -0.15) is 0 Å². The summed E-state index contributed by atoms with van der Waals surface area (Å²) in [4.78, 5) is 38.7. The first-order valence-electron chi connectivity index (χ1n) is 11.1. The van der Waals surface area contributed by atoms with Gasteiger partial charge in [-0.05, 0) is 24.3 Å². The highest BCUT2D eigenvalue weighted by Gasteiger charge is 2.18. The highest BCUT2D eigenvalue weighted by Crippen LogP contribution is 2.29. The van der Waals surface area contributed by atoms with Crippen LogP contribution in [0.25, 0.3) is 21.5 Å². The predicted octanol–water partition coefficient (Wildman–Crippen LogP) is 3.10. The fourth-order valence-electron chi connectivity index (χ4n) is 3.91. The van der Waals surface area contributed by atoms with Crippen molar-refractivity contribution >= 4 is 39.5 Å². The second-order valence-corrected chi connectivity index (χ2v) is 10.2. The van der Waals surface area contributed by atoms with Gasteiger partial charge in [-0.25, -0.2) is 9.97 Å². The minimum atomic E-state index is -0.0479. The van der Waals surface area contributed by atoms with Crippen molar-refractivity contribution in [3.05, 3.63) is 67.8 Å². The number of aromatic nitrogens is 3. The summed E-state index contributed by atoms with van der Waals surface area (Å²) in [5.74, 6) is 0.698. The first-order valence-corrected chi connectivity index (χ1v) is 12.8. The molecule has 1 N–H and O–H groups in total. The van der Waals surface area contributed by atoms with E-state index in [4.69, 9.17) is 14.7 Å². The molecular weight excluding hydrogens is 470 g/mol. The minimum Gasteiger partial charge on any atom is -0.379 e. The van der Waals surface area contributed by atoms with Crippen LogP contribution in [0.5, 0.6) is 0 Å². The number of para-hydroxylation sites is 1. The van der Waals surface area contributed by atoms with Gasteiger partial charge in [-0.15, -0.1) is 22.7 Å². The number of amides is 1. The lowest BCUT2D eigenvalue weighted by Crippen LogP contribution is -2.38. The van der Waals surface area contributed by atoms with Gasteiger partial charge >= 0.3 is 0 Å². The maximum Gasteiger partial charge on any atom is 0.261 e. The first kappa shape index (κ1) is 22.9. The molecule has 176 valence electrons.